The van der Waals surface area contributed by atoms with Gasteiger partial charge in [0.2, 0.25) is 0 Å². The van der Waals surface area contributed by atoms with Crippen LogP contribution in [0.1, 0.15) is 111 Å². The molecule has 19 rings (SSSR count). The van der Waals surface area contributed by atoms with Crippen molar-refractivity contribution in [3.63, 3.8) is 0 Å². The van der Waals surface area contributed by atoms with E-state index < -0.39 is 8.80 Å². The molecule has 0 saturated heterocycles. The van der Waals surface area contributed by atoms with E-state index >= 15 is 0 Å². The van der Waals surface area contributed by atoms with Crippen molar-refractivity contribution in [2.24, 2.45) is 213 Å². The van der Waals surface area contributed by atoms with Gasteiger partial charge in [0.25, 0.3) is 0 Å². The zero-order valence-electron chi connectivity index (χ0n) is 48.4. The first kappa shape index (κ1) is 52.2. The van der Waals surface area contributed by atoms with E-state index in [0.29, 0.717) is 25.9 Å². The molecule has 5 heteroatoms. The van der Waals surface area contributed by atoms with Gasteiger partial charge in [0.05, 0.1) is 0 Å². The van der Waals surface area contributed by atoms with Crippen molar-refractivity contribution < 1.29 is 32.8 Å². The molecule has 19 aliphatic rings. The molecule has 19 aliphatic carbocycles. The first-order valence-electron chi connectivity index (χ1n) is 34.1. The van der Waals surface area contributed by atoms with Gasteiger partial charge in [0, 0.05) is 45.3 Å². The van der Waals surface area contributed by atoms with Gasteiger partial charge in [-0.25, -0.2) is 0 Å². The number of rotatable bonds is 13. The van der Waals surface area contributed by atoms with Crippen molar-refractivity contribution in [1.82, 2.24) is 0 Å². The molecule has 14 saturated carbocycles. The van der Waals surface area contributed by atoms with Gasteiger partial charge in [0.15, 0.2) is 0 Å². The van der Waals surface area contributed by atoms with Crippen LogP contribution in [0.2, 0.25) is 6.04 Å². The van der Waals surface area contributed by atoms with E-state index in [4.69, 9.17) is 13.3 Å². The van der Waals surface area contributed by atoms with Crippen molar-refractivity contribution >= 4 is 8.80 Å². The Balaban J connectivity index is 0.000000107. The predicted molar refractivity (Wildman–Crippen MR) is 312 cm³/mol. The molecule has 0 aromatic heterocycles. The Labute approximate surface area is 486 Å². The van der Waals surface area contributed by atoms with Crippen LogP contribution < -0.4 is 0 Å². The summed E-state index contributed by atoms with van der Waals surface area (Å²) in [5.41, 5.74) is 0. The Kier molecular flexibility index (Phi) is 13.1. The molecular formula is C73H100O3RuSi. The molecule has 0 amide bonds. The third-order valence-electron chi connectivity index (χ3n) is 29.9. The molecule has 14 fully saturated rings. The van der Waals surface area contributed by atoms with Gasteiger partial charge in [-0.05, 0) is 317 Å². The summed E-state index contributed by atoms with van der Waals surface area (Å²) >= 11 is 0. The fourth-order valence-electron chi connectivity index (χ4n) is 29.3. The van der Waals surface area contributed by atoms with Crippen molar-refractivity contribution in [2.45, 2.75) is 117 Å². The minimum atomic E-state index is -2.41. The summed E-state index contributed by atoms with van der Waals surface area (Å²) in [5, 5.41) is 0. The zero-order chi connectivity index (χ0) is 51.3. The Hall–Kier alpha value is -1.36. The van der Waals surface area contributed by atoms with Crippen LogP contribution in [-0.2, 0) is 32.8 Å². The number of hydrogen-bond acceptors (Lipinski definition) is 3. The van der Waals surface area contributed by atoms with Crippen LogP contribution in [0.4, 0.5) is 0 Å². The second-order valence-electron chi connectivity index (χ2n) is 31.1. The summed E-state index contributed by atoms with van der Waals surface area (Å²) in [6, 6.07) is 0.683. The van der Waals surface area contributed by atoms with Crippen LogP contribution in [-0.4, -0.2) is 28.6 Å². The number of fused-ring (bicyclic) bond motifs is 44. The van der Waals surface area contributed by atoms with Gasteiger partial charge < -0.3 is 13.3 Å². The van der Waals surface area contributed by atoms with E-state index in [2.05, 4.69) is 99.1 Å². The number of hydrogen-bond donors (Lipinski definition) is 0. The maximum Gasteiger partial charge on any atom is 0.504 e. The van der Waals surface area contributed by atoms with Gasteiger partial charge >= 0.3 is 8.80 Å². The monoisotopic (exact) mass is 1150 g/mol. The Morgan fingerprint density at radius 3 is 1.33 bits per heavy atom. The molecule has 422 valence electrons. The molecular weight excluding hydrogens is 1050 g/mol. The first-order chi connectivity index (χ1) is 37.9. The molecule has 3 nitrogen and oxygen atoms in total. The van der Waals surface area contributed by atoms with Crippen molar-refractivity contribution in [1.29, 1.82) is 0 Å². The largest absolute Gasteiger partial charge is 0.504 e. The standard InChI is InChI=1S/C34H44.C30H36.C9H20O3Si.Ru/c1-3-5-7-18-12-17(4-2)30-29-16-28(31(18)30)23-11-10-22(33(23)29)24-13-19-14-25(24)34-27-15-26(32(19)34)20-8-6-9-21(20)27;1-2-16-17(3-1)23-11-22(16)28-15-9-20(21(10-15)30(23)28)18-6-7-19-24-12-25(29(18)19)27-14-5-4-13(8-14)26(24)27;1-5-9-13(10-6-2,11-7-3)12-8-4;/h4-7,9-11,17-34H,2-3,8,12-16H2,1H3;1,3-7,13-30H,2,8-12H2;5H,1,6-9H2,2-4H3;/b7-5+;;;. The fraction of sp³-hybridized carbons (Fsp3) is 0.781. The Bertz CT molecular complexity index is 2510. The Morgan fingerprint density at radius 2 is 0.833 bits per heavy atom. The second kappa shape index (κ2) is 19.6. The van der Waals surface area contributed by atoms with Crippen LogP contribution in [0.15, 0.2) is 98.2 Å². The normalized spacial score (nSPS) is 58.3. The van der Waals surface area contributed by atoms with Crippen molar-refractivity contribution in [3.8, 4) is 0 Å². The smallest absolute Gasteiger partial charge is 0.374 e. The molecule has 0 aromatic carbocycles. The zero-order valence-corrected chi connectivity index (χ0v) is 51.1. The number of allylic oxidation sites excluding steroid dienone is 14. The SMILES string of the molecule is C1=CC2C(C1)C1CC2C2C3CC(CC3C3C=CC4C5CC(C34)C3C4C=CC(C4)C53)C12.C=CC1CC(/C=C/CC)C2C3CC(C4C(C5CC6CC5C5C7CC(C8CC=CC87)C65)C=CC34)C12.C=CC[Si](OCC)(OCC)OCC.[Ru]. The van der Waals surface area contributed by atoms with Gasteiger partial charge in [-0.1, -0.05) is 92.0 Å². The fourth-order valence-corrected chi connectivity index (χ4v) is 31.6. The summed E-state index contributed by atoms with van der Waals surface area (Å²) in [4.78, 5) is 0. The van der Waals surface area contributed by atoms with Gasteiger partial charge in [0.1, 0.15) is 0 Å². The average Bonchev–Trinajstić information content (AvgIpc) is 4.33. The van der Waals surface area contributed by atoms with Crippen molar-refractivity contribution in [2.75, 3.05) is 19.8 Å². The molecule has 14 bridgehead atoms. The molecule has 0 radical (unpaired) electrons. The van der Waals surface area contributed by atoms with Crippen LogP contribution in [0.25, 0.3) is 0 Å². The van der Waals surface area contributed by atoms with E-state index in [-0.39, 0.29) is 19.5 Å². The third-order valence-corrected chi connectivity index (χ3v) is 32.9. The summed E-state index contributed by atoms with van der Waals surface area (Å²) in [7, 11) is -2.41. The van der Waals surface area contributed by atoms with Crippen LogP contribution in [0, 0.1) is 213 Å². The van der Waals surface area contributed by atoms with Crippen LogP contribution in [0.3, 0.4) is 0 Å². The quantitative estimate of drug-likeness (QED) is 0.104. The summed E-state index contributed by atoms with van der Waals surface area (Å²) in [5.74, 6) is 37.5. The van der Waals surface area contributed by atoms with E-state index in [0.717, 1.165) is 207 Å². The molecule has 0 heterocycles. The predicted octanol–water partition coefficient (Wildman–Crippen LogP) is 16.2. The molecule has 0 aliphatic heterocycles. The van der Waals surface area contributed by atoms with Gasteiger partial charge in [-0.2, -0.15) is 0 Å². The molecule has 0 N–H and O–H groups in total. The van der Waals surface area contributed by atoms with Crippen LogP contribution >= 0.6 is 0 Å². The molecule has 36 unspecified atom stereocenters. The minimum Gasteiger partial charge on any atom is -0.374 e. The average molecular weight is 1150 g/mol. The van der Waals surface area contributed by atoms with Gasteiger partial charge in [-0.3, -0.25) is 0 Å². The van der Waals surface area contributed by atoms with Crippen molar-refractivity contribution in [3.05, 3.63) is 98.2 Å². The summed E-state index contributed by atoms with van der Waals surface area (Å²) in [6.07, 6.45) is 56.2. The molecule has 0 spiro atoms. The summed E-state index contributed by atoms with van der Waals surface area (Å²) in [6.45, 7) is 18.1. The van der Waals surface area contributed by atoms with E-state index in [1.165, 1.54) is 38.0 Å². The van der Waals surface area contributed by atoms with E-state index in [1.807, 2.05) is 20.8 Å². The van der Waals surface area contributed by atoms with E-state index in [9.17, 15) is 0 Å². The third kappa shape index (κ3) is 7.05. The van der Waals surface area contributed by atoms with Crippen LogP contribution in [0.5, 0.6) is 0 Å². The Morgan fingerprint density at radius 1 is 0.397 bits per heavy atom. The minimum absolute atomic E-state index is 0. The second-order valence-corrected chi connectivity index (χ2v) is 33.7. The maximum absolute atomic E-state index is 5.57. The first-order valence-corrected chi connectivity index (χ1v) is 36.0. The maximum atomic E-state index is 5.57. The topological polar surface area (TPSA) is 27.7 Å². The molecule has 36 atom stereocenters. The molecule has 78 heavy (non-hydrogen) atoms. The molecule has 0 aromatic rings. The van der Waals surface area contributed by atoms with Gasteiger partial charge in [-0.15, -0.1) is 13.2 Å². The summed E-state index contributed by atoms with van der Waals surface area (Å²) < 4.78 is 16.7. The van der Waals surface area contributed by atoms with E-state index in [1.54, 1.807) is 57.4 Å².